The first-order valence-corrected chi connectivity index (χ1v) is 5.36. The van der Waals surface area contributed by atoms with Gasteiger partial charge in [-0.05, 0) is 34.0 Å². The van der Waals surface area contributed by atoms with Gasteiger partial charge in [-0.2, -0.15) is 0 Å². The van der Waals surface area contributed by atoms with Gasteiger partial charge in [0.2, 0.25) is 0 Å². The van der Waals surface area contributed by atoms with Gasteiger partial charge in [-0.25, -0.2) is 4.98 Å². The Hall–Kier alpha value is -0.610. The number of hydrogen-bond donors (Lipinski definition) is 1. The fraction of sp³-hybridized carbons (Fsp3) is 0.500. The Labute approximate surface area is 93.0 Å². The van der Waals surface area contributed by atoms with Crippen molar-refractivity contribution in [3.63, 3.8) is 0 Å². The molecular formula is C10H15BrN2O. The van der Waals surface area contributed by atoms with E-state index in [1.165, 1.54) is 0 Å². The molecule has 78 valence electrons. The molecule has 1 aromatic heterocycles. The Bertz CT molecular complexity index is 263. The molecule has 0 aromatic carbocycles. The number of rotatable bonds is 5. The van der Waals surface area contributed by atoms with E-state index in [-0.39, 0.29) is 0 Å². The van der Waals surface area contributed by atoms with E-state index >= 15 is 0 Å². The van der Waals surface area contributed by atoms with Crippen LogP contribution in [0.1, 0.15) is 6.92 Å². The van der Waals surface area contributed by atoms with Gasteiger partial charge in [0.1, 0.15) is 4.60 Å². The van der Waals surface area contributed by atoms with E-state index < -0.39 is 0 Å². The smallest absolute Gasteiger partial charge is 0.106 e. The highest BCUT2D eigenvalue weighted by Gasteiger charge is 2.00. The lowest BCUT2D eigenvalue weighted by Gasteiger charge is -2.11. The standard InChI is InChI=1S/C10H15BrN2O/c1-8(7-14-2)5-12-9-3-4-10(11)13-6-9/h3-4,6,8,12H,5,7H2,1-2H3. The SMILES string of the molecule is COCC(C)CNc1ccc(Br)nc1. The molecule has 0 aliphatic heterocycles. The number of nitrogens with zero attached hydrogens (tertiary/aromatic N) is 1. The highest BCUT2D eigenvalue weighted by atomic mass is 79.9. The maximum atomic E-state index is 5.05. The van der Waals surface area contributed by atoms with Gasteiger partial charge in [0.25, 0.3) is 0 Å². The zero-order valence-corrected chi connectivity index (χ0v) is 10.0. The quantitative estimate of drug-likeness (QED) is 0.825. The maximum absolute atomic E-state index is 5.05. The van der Waals surface area contributed by atoms with Crippen LogP contribution < -0.4 is 5.32 Å². The molecule has 1 aromatic rings. The molecule has 0 aliphatic carbocycles. The number of pyridine rings is 1. The van der Waals surface area contributed by atoms with Gasteiger partial charge in [0.05, 0.1) is 18.5 Å². The molecular weight excluding hydrogens is 244 g/mol. The van der Waals surface area contributed by atoms with Crippen LogP contribution in [0.25, 0.3) is 0 Å². The molecule has 0 aliphatic rings. The van der Waals surface area contributed by atoms with Crippen LogP contribution in [0.5, 0.6) is 0 Å². The summed E-state index contributed by atoms with van der Waals surface area (Å²) >= 11 is 3.29. The van der Waals surface area contributed by atoms with Gasteiger partial charge < -0.3 is 10.1 Å². The zero-order valence-electron chi connectivity index (χ0n) is 8.46. The average molecular weight is 259 g/mol. The Morgan fingerprint density at radius 1 is 1.57 bits per heavy atom. The molecule has 0 spiro atoms. The number of nitrogens with one attached hydrogen (secondary N) is 1. The van der Waals surface area contributed by atoms with Crippen molar-refractivity contribution < 1.29 is 4.74 Å². The lowest BCUT2D eigenvalue weighted by Crippen LogP contribution is -2.15. The van der Waals surface area contributed by atoms with Gasteiger partial charge in [-0.3, -0.25) is 0 Å². The molecule has 1 N–H and O–H groups in total. The summed E-state index contributed by atoms with van der Waals surface area (Å²) in [5.41, 5.74) is 1.04. The lowest BCUT2D eigenvalue weighted by molar-refractivity contribution is 0.164. The van der Waals surface area contributed by atoms with E-state index in [1.807, 2.05) is 18.3 Å². The van der Waals surface area contributed by atoms with E-state index in [4.69, 9.17) is 4.74 Å². The third-order valence-electron chi connectivity index (χ3n) is 1.83. The van der Waals surface area contributed by atoms with Crippen molar-refractivity contribution in [2.75, 3.05) is 25.6 Å². The summed E-state index contributed by atoms with van der Waals surface area (Å²) in [4.78, 5) is 4.13. The summed E-state index contributed by atoms with van der Waals surface area (Å²) < 4.78 is 5.90. The minimum Gasteiger partial charge on any atom is -0.384 e. The number of halogens is 1. The van der Waals surface area contributed by atoms with Crippen LogP contribution in [0, 0.1) is 5.92 Å². The topological polar surface area (TPSA) is 34.1 Å². The number of ether oxygens (including phenoxy) is 1. The normalized spacial score (nSPS) is 12.5. The summed E-state index contributed by atoms with van der Waals surface area (Å²) in [7, 11) is 1.72. The molecule has 0 amide bonds. The molecule has 0 saturated heterocycles. The predicted molar refractivity (Wildman–Crippen MR) is 61.5 cm³/mol. The van der Waals surface area contributed by atoms with Crippen LogP contribution in [0.15, 0.2) is 22.9 Å². The fourth-order valence-electron chi connectivity index (χ4n) is 1.12. The van der Waals surface area contributed by atoms with Crippen molar-refractivity contribution in [2.24, 2.45) is 5.92 Å². The molecule has 1 unspecified atom stereocenters. The zero-order chi connectivity index (χ0) is 10.4. The van der Waals surface area contributed by atoms with Crippen molar-refractivity contribution in [2.45, 2.75) is 6.92 Å². The highest BCUT2D eigenvalue weighted by Crippen LogP contribution is 2.10. The molecule has 4 heteroatoms. The summed E-state index contributed by atoms with van der Waals surface area (Å²) in [6.07, 6.45) is 1.81. The first-order valence-electron chi connectivity index (χ1n) is 4.56. The predicted octanol–water partition coefficient (Wildman–Crippen LogP) is 2.54. The van der Waals surface area contributed by atoms with E-state index in [9.17, 15) is 0 Å². The van der Waals surface area contributed by atoms with Crippen LogP contribution in [0.3, 0.4) is 0 Å². The second-order valence-electron chi connectivity index (χ2n) is 3.31. The van der Waals surface area contributed by atoms with Gasteiger partial charge in [-0.1, -0.05) is 6.92 Å². The third-order valence-corrected chi connectivity index (χ3v) is 2.30. The number of methoxy groups -OCH3 is 1. The summed E-state index contributed by atoms with van der Waals surface area (Å²) in [5.74, 6) is 0.503. The van der Waals surface area contributed by atoms with Crippen molar-refractivity contribution in [1.82, 2.24) is 4.98 Å². The molecule has 3 nitrogen and oxygen atoms in total. The second kappa shape index (κ2) is 5.98. The monoisotopic (exact) mass is 258 g/mol. The van der Waals surface area contributed by atoms with Crippen molar-refractivity contribution >= 4 is 21.6 Å². The molecule has 1 heterocycles. The highest BCUT2D eigenvalue weighted by molar-refractivity contribution is 9.10. The number of hydrogen-bond acceptors (Lipinski definition) is 3. The van der Waals surface area contributed by atoms with Gasteiger partial charge in [-0.15, -0.1) is 0 Å². The largest absolute Gasteiger partial charge is 0.384 e. The maximum Gasteiger partial charge on any atom is 0.106 e. The number of anilines is 1. The summed E-state index contributed by atoms with van der Waals surface area (Å²) in [6, 6.07) is 3.92. The van der Waals surface area contributed by atoms with Crippen molar-refractivity contribution in [3.8, 4) is 0 Å². The summed E-state index contributed by atoms with van der Waals surface area (Å²) in [6.45, 7) is 3.82. The Morgan fingerprint density at radius 3 is 2.93 bits per heavy atom. The van der Waals surface area contributed by atoms with Crippen molar-refractivity contribution in [3.05, 3.63) is 22.9 Å². The van der Waals surface area contributed by atoms with E-state index in [0.717, 1.165) is 23.4 Å². The van der Waals surface area contributed by atoms with Gasteiger partial charge in [0.15, 0.2) is 0 Å². The fourth-order valence-corrected chi connectivity index (χ4v) is 1.35. The Balaban J connectivity index is 2.34. The minimum absolute atomic E-state index is 0.503. The van der Waals surface area contributed by atoms with E-state index in [1.54, 1.807) is 7.11 Å². The molecule has 0 saturated carbocycles. The van der Waals surface area contributed by atoms with Crippen molar-refractivity contribution in [1.29, 1.82) is 0 Å². The van der Waals surface area contributed by atoms with E-state index in [0.29, 0.717) is 5.92 Å². The molecule has 0 fully saturated rings. The average Bonchev–Trinajstić information content (AvgIpc) is 2.17. The molecule has 0 radical (unpaired) electrons. The molecule has 0 bridgehead atoms. The van der Waals surface area contributed by atoms with Crippen LogP contribution in [-0.4, -0.2) is 25.2 Å². The Kier molecular flexibility index (Phi) is 4.90. The Morgan fingerprint density at radius 2 is 2.36 bits per heavy atom. The van der Waals surface area contributed by atoms with Gasteiger partial charge >= 0.3 is 0 Å². The molecule has 1 atom stereocenters. The summed E-state index contributed by atoms with van der Waals surface area (Å²) in [5, 5.41) is 3.29. The number of aromatic nitrogens is 1. The van der Waals surface area contributed by atoms with E-state index in [2.05, 4.69) is 33.2 Å². The first-order chi connectivity index (χ1) is 6.72. The second-order valence-corrected chi connectivity index (χ2v) is 4.12. The van der Waals surface area contributed by atoms with Crippen LogP contribution in [0.4, 0.5) is 5.69 Å². The van der Waals surface area contributed by atoms with Gasteiger partial charge in [0, 0.05) is 13.7 Å². The van der Waals surface area contributed by atoms with Crippen LogP contribution in [0.2, 0.25) is 0 Å². The molecule has 14 heavy (non-hydrogen) atoms. The first kappa shape index (κ1) is 11.5. The third kappa shape index (κ3) is 4.07. The van der Waals surface area contributed by atoms with Crippen LogP contribution in [-0.2, 0) is 4.74 Å². The molecule has 1 rings (SSSR count). The lowest BCUT2D eigenvalue weighted by atomic mass is 10.2. The van der Waals surface area contributed by atoms with Crippen LogP contribution >= 0.6 is 15.9 Å². The minimum atomic E-state index is 0.503.